The Morgan fingerprint density at radius 3 is 2.16 bits per heavy atom. The van der Waals surface area contributed by atoms with Gasteiger partial charge in [-0.2, -0.15) is 0 Å². The molecule has 0 unspecified atom stereocenters. The van der Waals surface area contributed by atoms with Gasteiger partial charge < -0.3 is 11.1 Å². The van der Waals surface area contributed by atoms with Crippen LogP contribution in [-0.2, 0) is 0 Å². The lowest BCUT2D eigenvalue weighted by Gasteiger charge is -2.20. The molecule has 0 aliphatic heterocycles. The second kappa shape index (κ2) is 3.95. The van der Waals surface area contributed by atoms with Crippen molar-refractivity contribution < 1.29 is 9.59 Å². The van der Waals surface area contributed by atoms with Crippen LogP contribution in [0, 0.1) is 0 Å². The van der Waals surface area contributed by atoms with Crippen LogP contribution in [0.3, 0.4) is 0 Å². The average molecular weight is 252 g/mol. The Kier molecular flexibility index (Phi) is 2.38. The minimum absolute atomic E-state index is 0.165. The van der Waals surface area contributed by atoms with Gasteiger partial charge in [-0.3, -0.25) is 9.59 Å². The Morgan fingerprint density at radius 1 is 0.895 bits per heavy atom. The molecule has 3 N–H and O–H groups in total. The first-order valence-corrected chi connectivity index (χ1v) is 5.93. The maximum atomic E-state index is 12.5. The fraction of sp³-hybridized carbons (Fsp3) is 0.0667. The molecule has 0 heterocycles. The lowest BCUT2D eigenvalue weighted by molar-refractivity contribution is 0.0980. The molecule has 0 fully saturated rings. The number of rotatable bonds is 1. The zero-order valence-corrected chi connectivity index (χ0v) is 10.4. The standard InChI is InChI=1S/C15H12N2O2/c1-17-11-7-3-5-9-13(11)15(19)8-4-2-6-10(16)12(8)14(9)18/h2-7,17H,16H2,1H3. The Bertz CT molecular complexity index is 720. The molecule has 2 aromatic rings. The quantitative estimate of drug-likeness (QED) is 0.650. The molecule has 19 heavy (non-hydrogen) atoms. The van der Waals surface area contributed by atoms with Crippen LogP contribution in [-0.4, -0.2) is 18.6 Å². The summed E-state index contributed by atoms with van der Waals surface area (Å²) in [5.74, 6) is -0.360. The van der Waals surface area contributed by atoms with E-state index in [-0.39, 0.29) is 11.6 Å². The van der Waals surface area contributed by atoms with E-state index in [4.69, 9.17) is 5.73 Å². The Morgan fingerprint density at radius 2 is 1.47 bits per heavy atom. The van der Waals surface area contributed by atoms with Gasteiger partial charge in [-0.25, -0.2) is 0 Å². The first-order chi connectivity index (χ1) is 9.15. The van der Waals surface area contributed by atoms with Crippen LogP contribution < -0.4 is 11.1 Å². The fourth-order valence-corrected chi connectivity index (χ4v) is 2.48. The van der Waals surface area contributed by atoms with E-state index >= 15 is 0 Å². The smallest absolute Gasteiger partial charge is 0.196 e. The van der Waals surface area contributed by atoms with Gasteiger partial charge in [0.1, 0.15) is 0 Å². The summed E-state index contributed by atoms with van der Waals surface area (Å²) in [5, 5.41) is 2.95. The lowest BCUT2D eigenvalue weighted by Crippen LogP contribution is -2.23. The van der Waals surface area contributed by atoms with Crippen LogP contribution in [0.4, 0.5) is 11.4 Å². The van der Waals surface area contributed by atoms with Gasteiger partial charge in [-0.1, -0.05) is 24.3 Å². The van der Waals surface area contributed by atoms with Gasteiger partial charge in [0, 0.05) is 29.5 Å². The summed E-state index contributed by atoms with van der Waals surface area (Å²) in [5.41, 5.74) is 8.35. The fourth-order valence-electron chi connectivity index (χ4n) is 2.48. The maximum Gasteiger partial charge on any atom is 0.196 e. The van der Waals surface area contributed by atoms with Crippen molar-refractivity contribution in [1.29, 1.82) is 0 Å². The molecule has 0 atom stereocenters. The second-order valence-electron chi connectivity index (χ2n) is 4.41. The molecule has 94 valence electrons. The number of hydrogen-bond donors (Lipinski definition) is 2. The highest BCUT2D eigenvalue weighted by molar-refractivity contribution is 6.31. The number of benzene rings is 2. The minimum Gasteiger partial charge on any atom is -0.398 e. The number of nitrogens with one attached hydrogen (secondary N) is 1. The zero-order valence-electron chi connectivity index (χ0n) is 10.4. The van der Waals surface area contributed by atoms with Crippen LogP contribution in [0.1, 0.15) is 31.8 Å². The molecule has 4 heteroatoms. The normalized spacial score (nSPS) is 12.9. The van der Waals surface area contributed by atoms with Gasteiger partial charge in [0.2, 0.25) is 0 Å². The molecule has 1 aliphatic rings. The van der Waals surface area contributed by atoms with E-state index in [0.29, 0.717) is 33.6 Å². The van der Waals surface area contributed by atoms with Gasteiger partial charge in [0.25, 0.3) is 0 Å². The van der Waals surface area contributed by atoms with E-state index in [1.54, 1.807) is 43.4 Å². The molecule has 0 spiro atoms. The van der Waals surface area contributed by atoms with Crippen molar-refractivity contribution in [3.05, 3.63) is 58.7 Å². The Labute approximate surface area is 110 Å². The van der Waals surface area contributed by atoms with Crippen molar-refractivity contribution in [2.24, 2.45) is 0 Å². The highest BCUT2D eigenvalue weighted by Gasteiger charge is 2.32. The summed E-state index contributed by atoms with van der Waals surface area (Å²) < 4.78 is 0. The van der Waals surface area contributed by atoms with Gasteiger partial charge in [0.05, 0.1) is 11.1 Å². The molecule has 4 nitrogen and oxygen atoms in total. The Hall–Kier alpha value is -2.62. The van der Waals surface area contributed by atoms with Crippen molar-refractivity contribution in [2.45, 2.75) is 0 Å². The molecule has 0 radical (unpaired) electrons. The molecule has 1 aliphatic carbocycles. The zero-order chi connectivity index (χ0) is 13.6. The minimum atomic E-state index is -0.195. The number of anilines is 2. The number of carbonyl (C=O) groups excluding carboxylic acids is 2. The van der Waals surface area contributed by atoms with Crippen LogP contribution in [0.5, 0.6) is 0 Å². The van der Waals surface area contributed by atoms with E-state index < -0.39 is 0 Å². The van der Waals surface area contributed by atoms with Crippen LogP contribution in [0.2, 0.25) is 0 Å². The predicted molar refractivity (Wildman–Crippen MR) is 73.7 cm³/mol. The van der Waals surface area contributed by atoms with E-state index in [2.05, 4.69) is 5.32 Å². The SMILES string of the molecule is CNc1cccc2c1C(=O)c1cccc(N)c1C2=O. The molecular weight excluding hydrogens is 240 g/mol. The van der Waals surface area contributed by atoms with Gasteiger partial charge in [-0.05, 0) is 12.1 Å². The monoisotopic (exact) mass is 252 g/mol. The maximum absolute atomic E-state index is 12.5. The van der Waals surface area contributed by atoms with Crippen molar-refractivity contribution >= 4 is 22.9 Å². The summed E-state index contributed by atoms with van der Waals surface area (Å²) in [6.45, 7) is 0. The topological polar surface area (TPSA) is 72.2 Å². The van der Waals surface area contributed by atoms with Gasteiger partial charge >= 0.3 is 0 Å². The number of nitrogens with two attached hydrogens (primary N) is 1. The molecule has 0 aromatic heterocycles. The number of carbonyl (C=O) groups is 2. The highest BCUT2D eigenvalue weighted by atomic mass is 16.1. The number of fused-ring (bicyclic) bond motifs is 2. The van der Waals surface area contributed by atoms with Crippen molar-refractivity contribution in [3.63, 3.8) is 0 Å². The lowest BCUT2D eigenvalue weighted by atomic mass is 9.82. The van der Waals surface area contributed by atoms with Crippen molar-refractivity contribution in [1.82, 2.24) is 0 Å². The van der Waals surface area contributed by atoms with Crippen LogP contribution in [0.15, 0.2) is 36.4 Å². The molecule has 2 aromatic carbocycles. The van der Waals surface area contributed by atoms with Crippen LogP contribution >= 0.6 is 0 Å². The summed E-state index contributed by atoms with van der Waals surface area (Å²) in [6, 6.07) is 10.2. The third-order valence-corrected chi connectivity index (χ3v) is 3.37. The molecule has 0 saturated heterocycles. The summed E-state index contributed by atoms with van der Waals surface area (Å²) in [4.78, 5) is 25.0. The summed E-state index contributed by atoms with van der Waals surface area (Å²) in [6.07, 6.45) is 0. The largest absolute Gasteiger partial charge is 0.398 e. The number of hydrogen-bond acceptors (Lipinski definition) is 4. The van der Waals surface area contributed by atoms with Gasteiger partial charge in [-0.15, -0.1) is 0 Å². The molecule has 0 saturated carbocycles. The average Bonchev–Trinajstić information content (AvgIpc) is 2.43. The van der Waals surface area contributed by atoms with E-state index in [1.165, 1.54) is 0 Å². The van der Waals surface area contributed by atoms with Crippen molar-refractivity contribution in [3.8, 4) is 0 Å². The van der Waals surface area contributed by atoms with E-state index in [1.807, 2.05) is 0 Å². The first-order valence-electron chi connectivity index (χ1n) is 5.93. The third-order valence-electron chi connectivity index (χ3n) is 3.37. The summed E-state index contributed by atoms with van der Waals surface area (Å²) in [7, 11) is 1.72. The van der Waals surface area contributed by atoms with Crippen LogP contribution in [0.25, 0.3) is 0 Å². The number of ketones is 2. The molecule has 0 bridgehead atoms. The van der Waals surface area contributed by atoms with Crippen molar-refractivity contribution in [2.75, 3.05) is 18.1 Å². The molecular formula is C15H12N2O2. The predicted octanol–water partition coefficient (Wildman–Crippen LogP) is 2.09. The highest BCUT2D eigenvalue weighted by Crippen LogP contribution is 2.33. The summed E-state index contributed by atoms with van der Waals surface area (Å²) >= 11 is 0. The third kappa shape index (κ3) is 1.46. The van der Waals surface area contributed by atoms with E-state index in [9.17, 15) is 9.59 Å². The second-order valence-corrected chi connectivity index (χ2v) is 4.41. The molecule has 0 amide bonds. The van der Waals surface area contributed by atoms with Gasteiger partial charge in [0.15, 0.2) is 11.6 Å². The Balaban J connectivity index is 2.36. The van der Waals surface area contributed by atoms with E-state index in [0.717, 1.165) is 0 Å². The number of nitrogen functional groups attached to an aromatic ring is 1. The molecule has 3 rings (SSSR count). The first kappa shape index (κ1) is 11.5.